The molecule has 2 N–H and O–H groups in total. The Morgan fingerprint density at radius 1 is 1.50 bits per heavy atom. The van der Waals surface area contributed by atoms with E-state index in [4.69, 9.17) is 4.74 Å². The third kappa shape index (κ3) is 3.02. The van der Waals surface area contributed by atoms with Crippen molar-refractivity contribution < 1.29 is 14.3 Å². The maximum absolute atomic E-state index is 12.4. The van der Waals surface area contributed by atoms with Gasteiger partial charge < -0.3 is 15.4 Å². The Bertz CT molecular complexity index is 513. The molecule has 0 bridgehead atoms. The number of piperidine rings is 1. The average molecular weight is 296 g/mol. The second-order valence-electron chi connectivity index (χ2n) is 5.15. The SMILES string of the molecule is COC(=O)c1scc(C)c1NC(=O)C1NCCCC1C. The summed E-state index contributed by atoms with van der Waals surface area (Å²) in [4.78, 5) is 24.5. The molecule has 6 heteroatoms. The Labute approximate surface area is 122 Å². The van der Waals surface area contributed by atoms with Crippen molar-refractivity contribution in [1.82, 2.24) is 5.32 Å². The van der Waals surface area contributed by atoms with E-state index in [-0.39, 0.29) is 11.9 Å². The van der Waals surface area contributed by atoms with Gasteiger partial charge in [-0.25, -0.2) is 4.79 Å². The number of rotatable bonds is 3. The maximum Gasteiger partial charge on any atom is 0.350 e. The van der Waals surface area contributed by atoms with Gasteiger partial charge in [-0.2, -0.15) is 0 Å². The Morgan fingerprint density at radius 3 is 2.90 bits per heavy atom. The van der Waals surface area contributed by atoms with Gasteiger partial charge in [0, 0.05) is 0 Å². The predicted octanol–water partition coefficient (Wildman–Crippen LogP) is 2.17. The summed E-state index contributed by atoms with van der Waals surface area (Å²) in [5, 5.41) is 7.97. The van der Waals surface area contributed by atoms with Crippen molar-refractivity contribution in [3.63, 3.8) is 0 Å². The van der Waals surface area contributed by atoms with Crippen LogP contribution in [0.25, 0.3) is 0 Å². The number of hydrogen-bond acceptors (Lipinski definition) is 5. The van der Waals surface area contributed by atoms with Gasteiger partial charge in [0.25, 0.3) is 0 Å². The first kappa shape index (κ1) is 15.0. The molecule has 0 saturated carbocycles. The Morgan fingerprint density at radius 2 is 2.25 bits per heavy atom. The van der Waals surface area contributed by atoms with Crippen molar-refractivity contribution in [2.24, 2.45) is 5.92 Å². The second-order valence-corrected chi connectivity index (χ2v) is 6.03. The third-order valence-corrected chi connectivity index (χ3v) is 4.72. The van der Waals surface area contributed by atoms with Crippen LogP contribution in [0.15, 0.2) is 5.38 Å². The fraction of sp³-hybridized carbons (Fsp3) is 0.571. The molecule has 0 radical (unpaired) electrons. The lowest BCUT2D eigenvalue weighted by Crippen LogP contribution is -2.48. The minimum Gasteiger partial charge on any atom is -0.465 e. The van der Waals surface area contributed by atoms with Crippen LogP contribution in [0.1, 0.15) is 35.0 Å². The van der Waals surface area contributed by atoms with Gasteiger partial charge in [-0.1, -0.05) is 6.92 Å². The van der Waals surface area contributed by atoms with Gasteiger partial charge in [0.15, 0.2) is 0 Å². The van der Waals surface area contributed by atoms with Crippen LogP contribution in [-0.2, 0) is 9.53 Å². The molecule has 0 aromatic carbocycles. The molecule has 2 rings (SSSR count). The average Bonchev–Trinajstić information content (AvgIpc) is 2.80. The number of anilines is 1. The molecule has 20 heavy (non-hydrogen) atoms. The number of methoxy groups -OCH3 is 1. The van der Waals surface area contributed by atoms with Crippen molar-refractivity contribution in [1.29, 1.82) is 0 Å². The second kappa shape index (κ2) is 6.37. The lowest BCUT2D eigenvalue weighted by atomic mass is 9.92. The first-order chi connectivity index (χ1) is 9.54. The van der Waals surface area contributed by atoms with E-state index < -0.39 is 5.97 Å². The molecule has 2 unspecified atom stereocenters. The van der Waals surface area contributed by atoms with Crippen molar-refractivity contribution in [2.75, 3.05) is 19.0 Å². The van der Waals surface area contributed by atoms with Gasteiger partial charge in [-0.05, 0) is 43.2 Å². The molecule has 0 aliphatic carbocycles. The number of aryl methyl sites for hydroxylation is 1. The van der Waals surface area contributed by atoms with Crippen molar-refractivity contribution in [3.8, 4) is 0 Å². The van der Waals surface area contributed by atoms with Gasteiger partial charge in [-0.15, -0.1) is 11.3 Å². The number of carbonyl (C=O) groups is 2. The summed E-state index contributed by atoms with van der Waals surface area (Å²) in [5.74, 6) is -0.198. The number of amides is 1. The molecule has 0 spiro atoms. The molecule has 2 atom stereocenters. The van der Waals surface area contributed by atoms with Crippen molar-refractivity contribution in [3.05, 3.63) is 15.8 Å². The smallest absolute Gasteiger partial charge is 0.350 e. The standard InChI is InChI=1S/C14H20N2O3S/c1-8-5-4-6-15-11(8)13(17)16-10-9(2)7-20-12(10)14(18)19-3/h7-8,11,15H,4-6H2,1-3H3,(H,16,17). The fourth-order valence-electron chi connectivity index (χ4n) is 2.44. The van der Waals surface area contributed by atoms with Gasteiger partial charge in [0.2, 0.25) is 5.91 Å². The Kier molecular flexibility index (Phi) is 4.77. The Hall–Kier alpha value is -1.40. The van der Waals surface area contributed by atoms with Gasteiger partial charge in [0.05, 0.1) is 18.8 Å². The zero-order valence-corrected chi connectivity index (χ0v) is 12.8. The summed E-state index contributed by atoms with van der Waals surface area (Å²) in [7, 11) is 1.34. The summed E-state index contributed by atoms with van der Waals surface area (Å²) in [5.41, 5.74) is 1.46. The van der Waals surface area contributed by atoms with E-state index in [9.17, 15) is 9.59 Å². The minimum absolute atomic E-state index is 0.0798. The molecule has 1 amide bonds. The number of thiophene rings is 1. The van der Waals surface area contributed by atoms with Crippen LogP contribution in [0.5, 0.6) is 0 Å². The lowest BCUT2D eigenvalue weighted by molar-refractivity contribution is -0.119. The summed E-state index contributed by atoms with van der Waals surface area (Å²) < 4.78 is 4.74. The topological polar surface area (TPSA) is 67.4 Å². The molecule has 1 aromatic rings. The molecular formula is C14H20N2O3S. The number of carbonyl (C=O) groups excluding carboxylic acids is 2. The zero-order valence-electron chi connectivity index (χ0n) is 12.0. The van der Waals surface area contributed by atoms with Crippen LogP contribution in [0, 0.1) is 12.8 Å². The molecule has 5 nitrogen and oxygen atoms in total. The van der Waals surface area contributed by atoms with Crippen molar-refractivity contribution >= 4 is 28.9 Å². The quantitative estimate of drug-likeness (QED) is 0.839. The number of ether oxygens (including phenoxy) is 1. The van der Waals surface area contributed by atoms with E-state index in [2.05, 4.69) is 17.6 Å². The number of hydrogen-bond donors (Lipinski definition) is 2. The number of nitrogens with one attached hydrogen (secondary N) is 2. The van der Waals surface area contributed by atoms with Gasteiger partial charge >= 0.3 is 5.97 Å². The highest BCUT2D eigenvalue weighted by Crippen LogP contribution is 2.29. The van der Waals surface area contributed by atoms with Crippen LogP contribution in [0.3, 0.4) is 0 Å². The maximum atomic E-state index is 12.4. The third-order valence-electron chi connectivity index (χ3n) is 3.65. The van der Waals surface area contributed by atoms with E-state index >= 15 is 0 Å². The van der Waals surface area contributed by atoms with E-state index in [1.165, 1.54) is 18.4 Å². The van der Waals surface area contributed by atoms with Gasteiger partial charge in [0.1, 0.15) is 4.88 Å². The predicted molar refractivity (Wildman–Crippen MR) is 79.2 cm³/mol. The fourth-order valence-corrected chi connectivity index (χ4v) is 3.37. The van der Waals surface area contributed by atoms with Crippen LogP contribution in [0.4, 0.5) is 5.69 Å². The summed E-state index contributed by atoms with van der Waals surface area (Å²) >= 11 is 1.29. The molecule has 2 heterocycles. The highest BCUT2D eigenvalue weighted by molar-refractivity contribution is 7.12. The number of esters is 1. The molecule has 1 fully saturated rings. The Balaban J connectivity index is 2.15. The highest BCUT2D eigenvalue weighted by Gasteiger charge is 2.29. The highest BCUT2D eigenvalue weighted by atomic mass is 32.1. The van der Waals surface area contributed by atoms with E-state index in [1.54, 1.807) is 0 Å². The first-order valence-corrected chi connectivity index (χ1v) is 7.63. The van der Waals surface area contributed by atoms with Crippen LogP contribution in [-0.4, -0.2) is 31.6 Å². The lowest BCUT2D eigenvalue weighted by Gasteiger charge is -2.29. The molecule has 1 saturated heterocycles. The summed E-state index contributed by atoms with van der Waals surface area (Å²) in [6.07, 6.45) is 2.13. The van der Waals surface area contributed by atoms with E-state index in [1.807, 2.05) is 12.3 Å². The van der Waals surface area contributed by atoms with Crippen LogP contribution in [0.2, 0.25) is 0 Å². The molecular weight excluding hydrogens is 276 g/mol. The summed E-state index contributed by atoms with van der Waals surface area (Å²) in [6.45, 7) is 4.79. The van der Waals surface area contributed by atoms with Crippen molar-refractivity contribution in [2.45, 2.75) is 32.7 Å². The monoisotopic (exact) mass is 296 g/mol. The summed E-state index contributed by atoms with van der Waals surface area (Å²) in [6, 6.07) is -0.200. The normalized spacial score (nSPS) is 22.4. The molecule has 110 valence electrons. The van der Waals surface area contributed by atoms with Crippen LogP contribution < -0.4 is 10.6 Å². The van der Waals surface area contributed by atoms with E-state index in [0.717, 1.165) is 24.9 Å². The zero-order chi connectivity index (χ0) is 14.7. The largest absolute Gasteiger partial charge is 0.465 e. The van der Waals surface area contributed by atoms with Gasteiger partial charge in [-0.3, -0.25) is 4.79 Å². The first-order valence-electron chi connectivity index (χ1n) is 6.75. The minimum atomic E-state index is -0.414. The molecule has 1 aliphatic heterocycles. The van der Waals surface area contributed by atoms with E-state index in [0.29, 0.717) is 16.5 Å². The molecule has 1 aromatic heterocycles. The molecule has 1 aliphatic rings. The van der Waals surface area contributed by atoms with Crippen LogP contribution >= 0.6 is 11.3 Å².